The standard InChI is InChI=1S/C25H36N8O2/c1-3-4-5-17-9-23(24(34)29-11-16-6-7-22(32(2)27)20(26)8-16)33(15-17)25(35)21-10-18(12-28-21)19-13-30-31-14-19/h3,6-8,13-14,17-18,21,23,28H,1,4-5,9-12,15,26-27H2,2H3,(H,29,34)(H,30,31). The van der Waals surface area contributed by atoms with Crippen molar-refractivity contribution in [1.82, 2.24) is 25.7 Å². The van der Waals surface area contributed by atoms with Gasteiger partial charge < -0.3 is 26.3 Å². The number of H-pyrrole nitrogens is 1. The Labute approximate surface area is 206 Å². The Balaban J connectivity index is 1.41. The van der Waals surface area contributed by atoms with Gasteiger partial charge in [0.05, 0.1) is 23.6 Å². The molecule has 0 spiro atoms. The highest BCUT2D eigenvalue weighted by atomic mass is 16.2. The first-order valence-corrected chi connectivity index (χ1v) is 12.1. The Morgan fingerprint density at radius 1 is 1.37 bits per heavy atom. The Morgan fingerprint density at radius 3 is 2.89 bits per heavy atom. The molecule has 2 amide bonds. The molecule has 10 nitrogen and oxygen atoms in total. The zero-order valence-corrected chi connectivity index (χ0v) is 20.2. The van der Waals surface area contributed by atoms with Gasteiger partial charge in [-0.05, 0) is 54.9 Å². The number of allylic oxidation sites excluding steroid dienone is 1. The van der Waals surface area contributed by atoms with Gasteiger partial charge in [0, 0.05) is 38.8 Å². The molecule has 4 unspecified atom stereocenters. The van der Waals surface area contributed by atoms with Gasteiger partial charge in [0.2, 0.25) is 11.8 Å². The predicted octanol–water partition coefficient (Wildman–Crippen LogP) is 1.25. The van der Waals surface area contributed by atoms with Gasteiger partial charge >= 0.3 is 0 Å². The zero-order chi connectivity index (χ0) is 24.9. The highest BCUT2D eigenvalue weighted by Gasteiger charge is 2.43. The van der Waals surface area contributed by atoms with Gasteiger partial charge in [0.25, 0.3) is 0 Å². The lowest BCUT2D eigenvalue weighted by molar-refractivity contribution is -0.139. The predicted molar refractivity (Wildman–Crippen MR) is 136 cm³/mol. The molecule has 35 heavy (non-hydrogen) atoms. The van der Waals surface area contributed by atoms with Crippen LogP contribution in [0.5, 0.6) is 0 Å². The molecular formula is C25H36N8O2. The maximum Gasteiger partial charge on any atom is 0.243 e. The van der Waals surface area contributed by atoms with Gasteiger partial charge in [-0.15, -0.1) is 6.58 Å². The van der Waals surface area contributed by atoms with Gasteiger partial charge in [-0.25, -0.2) is 5.84 Å². The number of carbonyl (C=O) groups is 2. The van der Waals surface area contributed by atoms with Gasteiger partial charge in [-0.2, -0.15) is 5.10 Å². The molecule has 7 N–H and O–H groups in total. The molecule has 0 bridgehead atoms. The molecule has 2 fully saturated rings. The molecular weight excluding hydrogens is 444 g/mol. The second-order valence-corrected chi connectivity index (χ2v) is 9.62. The van der Waals surface area contributed by atoms with Crippen molar-refractivity contribution in [1.29, 1.82) is 0 Å². The van der Waals surface area contributed by atoms with Crippen LogP contribution in [0.3, 0.4) is 0 Å². The van der Waals surface area contributed by atoms with Crippen molar-refractivity contribution < 1.29 is 9.59 Å². The molecule has 0 radical (unpaired) electrons. The average molecular weight is 481 g/mol. The molecule has 0 aliphatic carbocycles. The minimum Gasteiger partial charge on any atom is -0.397 e. The first-order chi connectivity index (χ1) is 16.9. The number of likely N-dealkylation sites (tertiary alicyclic amines) is 1. The number of rotatable bonds is 9. The second-order valence-electron chi connectivity index (χ2n) is 9.62. The summed E-state index contributed by atoms with van der Waals surface area (Å²) < 4.78 is 0. The summed E-state index contributed by atoms with van der Waals surface area (Å²) >= 11 is 0. The van der Waals surface area contributed by atoms with Crippen LogP contribution in [0, 0.1) is 5.92 Å². The molecule has 2 aliphatic rings. The van der Waals surface area contributed by atoms with Crippen molar-refractivity contribution in [2.45, 2.75) is 50.2 Å². The fraction of sp³-hybridized carbons (Fsp3) is 0.480. The van der Waals surface area contributed by atoms with Gasteiger partial charge in [-0.3, -0.25) is 14.7 Å². The highest BCUT2D eigenvalue weighted by Crippen LogP contribution is 2.31. The van der Waals surface area contributed by atoms with Crippen LogP contribution in [-0.4, -0.2) is 59.1 Å². The molecule has 0 saturated carbocycles. The van der Waals surface area contributed by atoms with E-state index in [0.29, 0.717) is 31.6 Å². The summed E-state index contributed by atoms with van der Waals surface area (Å²) in [6, 6.07) is 4.73. The molecule has 10 heteroatoms. The highest BCUT2D eigenvalue weighted by molar-refractivity contribution is 5.90. The van der Waals surface area contributed by atoms with Crippen LogP contribution in [0.1, 0.15) is 42.7 Å². The first-order valence-electron chi connectivity index (χ1n) is 12.1. The summed E-state index contributed by atoms with van der Waals surface area (Å²) in [6.45, 7) is 5.45. The summed E-state index contributed by atoms with van der Waals surface area (Å²) in [7, 11) is 1.72. The molecule has 2 saturated heterocycles. The van der Waals surface area contributed by atoms with Crippen molar-refractivity contribution in [3.63, 3.8) is 0 Å². The normalized spacial score (nSPS) is 23.9. The number of aromatic amines is 1. The number of nitrogens with two attached hydrogens (primary N) is 2. The van der Waals surface area contributed by atoms with E-state index in [1.165, 1.54) is 5.01 Å². The van der Waals surface area contributed by atoms with E-state index in [1.807, 2.05) is 36.7 Å². The SMILES string of the molecule is C=CCCC1CC(C(=O)NCc2ccc(N(C)N)c(N)c2)N(C(=O)C2CC(c3cn[nH]c3)CN2)C1. The number of carbonyl (C=O) groups excluding carboxylic acids is 2. The van der Waals surface area contributed by atoms with Crippen LogP contribution in [0.25, 0.3) is 0 Å². The Morgan fingerprint density at radius 2 is 2.20 bits per heavy atom. The number of anilines is 2. The van der Waals surface area contributed by atoms with E-state index < -0.39 is 6.04 Å². The van der Waals surface area contributed by atoms with E-state index >= 15 is 0 Å². The van der Waals surface area contributed by atoms with Crippen LogP contribution in [0.2, 0.25) is 0 Å². The smallest absolute Gasteiger partial charge is 0.243 e. The van der Waals surface area contributed by atoms with Gasteiger partial charge in [0.15, 0.2) is 0 Å². The Kier molecular flexibility index (Phi) is 7.72. The Bertz CT molecular complexity index is 1040. The fourth-order valence-corrected chi connectivity index (χ4v) is 5.18. The minimum absolute atomic E-state index is 0.00294. The van der Waals surface area contributed by atoms with E-state index in [9.17, 15) is 9.59 Å². The van der Waals surface area contributed by atoms with Crippen molar-refractivity contribution in [3.8, 4) is 0 Å². The van der Waals surface area contributed by atoms with Gasteiger partial charge in [-0.1, -0.05) is 12.1 Å². The largest absolute Gasteiger partial charge is 0.397 e. The van der Waals surface area contributed by atoms with Gasteiger partial charge in [0.1, 0.15) is 6.04 Å². The quantitative estimate of drug-likeness (QED) is 0.157. The van der Waals surface area contributed by atoms with Crippen molar-refractivity contribution in [2.24, 2.45) is 11.8 Å². The number of hydrazine groups is 1. The number of benzene rings is 1. The Hall–Kier alpha value is -3.37. The number of hydrogen-bond donors (Lipinski definition) is 5. The maximum atomic E-state index is 13.5. The van der Waals surface area contributed by atoms with Crippen LogP contribution in [0.4, 0.5) is 11.4 Å². The fourth-order valence-electron chi connectivity index (χ4n) is 5.18. The minimum atomic E-state index is -0.487. The molecule has 2 aliphatic heterocycles. The van der Waals surface area contributed by atoms with Crippen LogP contribution < -0.4 is 27.2 Å². The average Bonchev–Trinajstić information content (AvgIpc) is 3.60. The molecule has 3 heterocycles. The van der Waals surface area contributed by atoms with Crippen LogP contribution in [-0.2, 0) is 16.1 Å². The van der Waals surface area contributed by atoms with Crippen molar-refractivity contribution in [3.05, 3.63) is 54.4 Å². The summed E-state index contributed by atoms with van der Waals surface area (Å²) in [5, 5.41) is 14.7. The van der Waals surface area contributed by atoms with E-state index in [0.717, 1.165) is 36.2 Å². The van der Waals surface area contributed by atoms with Crippen molar-refractivity contribution in [2.75, 3.05) is 30.9 Å². The van der Waals surface area contributed by atoms with Crippen LogP contribution >= 0.6 is 0 Å². The third-order valence-electron chi connectivity index (χ3n) is 7.11. The third kappa shape index (κ3) is 5.66. The number of hydrogen-bond acceptors (Lipinski definition) is 7. The molecule has 188 valence electrons. The van der Waals surface area contributed by atoms with Crippen LogP contribution in [0.15, 0.2) is 43.2 Å². The molecule has 4 rings (SSSR count). The van der Waals surface area contributed by atoms with E-state index in [-0.39, 0.29) is 29.7 Å². The molecule has 1 aromatic heterocycles. The van der Waals surface area contributed by atoms with E-state index in [2.05, 4.69) is 27.4 Å². The monoisotopic (exact) mass is 480 g/mol. The molecule has 1 aromatic carbocycles. The summed E-state index contributed by atoms with van der Waals surface area (Å²) in [5.41, 5.74) is 9.32. The molecule has 4 atom stereocenters. The second kappa shape index (κ2) is 10.9. The topological polar surface area (TPSA) is 145 Å². The summed E-state index contributed by atoms with van der Waals surface area (Å²) in [4.78, 5) is 28.6. The van der Waals surface area contributed by atoms with E-state index in [4.69, 9.17) is 11.6 Å². The number of nitrogens with zero attached hydrogens (tertiary/aromatic N) is 3. The number of amides is 2. The number of nitrogen functional groups attached to an aromatic ring is 1. The number of aromatic nitrogens is 2. The zero-order valence-electron chi connectivity index (χ0n) is 20.2. The molecule has 2 aromatic rings. The van der Waals surface area contributed by atoms with E-state index in [1.54, 1.807) is 11.9 Å². The summed E-state index contributed by atoms with van der Waals surface area (Å²) in [6.07, 6.45) is 8.71. The lowest BCUT2D eigenvalue weighted by Crippen LogP contribution is -2.51. The lowest BCUT2D eigenvalue weighted by Gasteiger charge is -2.27. The maximum absolute atomic E-state index is 13.5. The van der Waals surface area contributed by atoms with Crippen molar-refractivity contribution >= 4 is 23.2 Å². The lowest BCUT2D eigenvalue weighted by atomic mass is 9.99. The number of nitrogens with one attached hydrogen (secondary N) is 3. The third-order valence-corrected chi connectivity index (χ3v) is 7.11. The first kappa shape index (κ1) is 24.7. The summed E-state index contributed by atoms with van der Waals surface area (Å²) in [5.74, 6) is 6.14.